The molecule has 2 N–H and O–H groups in total. The van der Waals surface area contributed by atoms with Gasteiger partial charge in [-0.25, -0.2) is 4.79 Å². The van der Waals surface area contributed by atoms with Crippen LogP contribution in [-0.4, -0.2) is 17.0 Å². The zero-order chi connectivity index (χ0) is 25.9. The molecule has 188 valence electrons. The zero-order valence-electron chi connectivity index (χ0n) is 20.6. The van der Waals surface area contributed by atoms with Gasteiger partial charge >= 0.3 is 6.09 Å². The maximum atomic E-state index is 13.2. The molecule has 37 heavy (non-hydrogen) atoms. The number of pyridine rings is 1. The zero-order valence-corrected chi connectivity index (χ0v) is 20.6. The minimum absolute atomic E-state index is 0.0995. The summed E-state index contributed by atoms with van der Waals surface area (Å²) in [6.45, 7) is 2.71. The molecule has 0 aliphatic rings. The second kappa shape index (κ2) is 12.9. The first-order valence-corrected chi connectivity index (χ1v) is 12.0. The maximum Gasteiger partial charge on any atom is 0.408 e. The first-order chi connectivity index (χ1) is 18.1. The van der Waals surface area contributed by atoms with Gasteiger partial charge in [0.1, 0.15) is 25.0 Å². The van der Waals surface area contributed by atoms with Crippen molar-refractivity contribution >= 4 is 12.0 Å². The van der Waals surface area contributed by atoms with E-state index in [9.17, 15) is 9.59 Å². The second-order valence-electron chi connectivity index (χ2n) is 8.51. The van der Waals surface area contributed by atoms with Crippen molar-refractivity contribution < 1.29 is 19.1 Å². The summed E-state index contributed by atoms with van der Waals surface area (Å²) in [4.78, 5) is 30.0. The summed E-state index contributed by atoms with van der Waals surface area (Å²) < 4.78 is 11.2. The normalized spacial score (nSPS) is 11.3. The Balaban J connectivity index is 1.42. The third-order valence-corrected chi connectivity index (χ3v) is 5.64. The molecule has 4 aromatic rings. The summed E-state index contributed by atoms with van der Waals surface area (Å²) >= 11 is 0. The fourth-order valence-electron chi connectivity index (χ4n) is 3.57. The van der Waals surface area contributed by atoms with Gasteiger partial charge in [0.2, 0.25) is 5.91 Å². The van der Waals surface area contributed by atoms with Gasteiger partial charge in [0.25, 0.3) is 0 Å². The number of aryl methyl sites for hydroxylation is 1. The Bertz CT molecular complexity index is 1280. The summed E-state index contributed by atoms with van der Waals surface area (Å²) in [6.07, 6.45) is 1.02. The molecular weight excluding hydrogens is 466 g/mol. The molecule has 0 saturated carbocycles. The molecule has 1 aromatic heterocycles. The Morgan fingerprint density at radius 3 is 2.05 bits per heavy atom. The van der Waals surface area contributed by atoms with Crippen LogP contribution in [-0.2, 0) is 29.3 Å². The molecule has 0 aliphatic carbocycles. The van der Waals surface area contributed by atoms with Crippen molar-refractivity contribution in [3.05, 3.63) is 131 Å². The number of aromatic nitrogens is 1. The Kier molecular flexibility index (Phi) is 8.86. The van der Waals surface area contributed by atoms with Gasteiger partial charge < -0.3 is 20.1 Å². The smallest absolute Gasteiger partial charge is 0.408 e. The van der Waals surface area contributed by atoms with Gasteiger partial charge in [-0.05, 0) is 47.4 Å². The van der Waals surface area contributed by atoms with Gasteiger partial charge in [-0.2, -0.15) is 0 Å². The predicted octanol–water partition coefficient (Wildman–Crippen LogP) is 5.25. The standard InChI is InChI=1S/C30H29N3O4/c1-22-12-13-25(18-31-22)19-32-29(34)28(33-30(35)37-21-24-10-6-3-7-11-24)26-14-16-27(17-15-26)36-20-23-8-4-2-5-9-23/h2-18,28H,19-21H2,1H3,(H,32,34)(H,33,35)/t28-/m0/s1. The fraction of sp³-hybridized carbons (Fsp3) is 0.167. The second-order valence-corrected chi connectivity index (χ2v) is 8.51. The molecule has 0 fully saturated rings. The highest BCUT2D eigenvalue weighted by atomic mass is 16.5. The Hall–Kier alpha value is -4.65. The van der Waals surface area contributed by atoms with E-state index in [4.69, 9.17) is 9.47 Å². The van der Waals surface area contributed by atoms with E-state index in [1.807, 2.05) is 79.7 Å². The number of nitrogens with zero attached hydrogens (tertiary/aromatic N) is 1. The van der Waals surface area contributed by atoms with Gasteiger partial charge in [-0.15, -0.1) is 0 Å². The average molecular weight is 496 g/mol. The van der Waals surface area contributed by atoms with Crippen LogP contribution in [0.2, 0.25) is 0 Å². The number of ether oxygens (including phenoxy) is 2. The highest BCUT2D eigenvalue weighted by molar-refractivity contribution is 5.86. The first kappa shape index (κ1) is 25.4. The molecule has 1 atom stereocenters. The molecule has 7 heteroatoms. The summed E-state index contributed by atoms with van der Waals surface area (Å²) in [7, 11) is 0. The summed E-state index contributed by atoms with van der Waals surface area (Å²) in [6, 6.07) is 29.1. The number of benzene rings is 3. The summed E-state index contributed by atoms with van der Waals surface area (Å²) in [5.74, 6) is 0.291. The fourth-order valence-corrected chi connectivity index (χ4v) is 3.57. The number of carbonyl (C=O) groups excluding carboxylic acids is 2. The third kappa shape index (κ3) is 7.93. The SMILES string of the molecule is Cc1ccc(CNC(=O)[C@@H](NC(=O)OCc2ccccc2)c2ccc(OCc3ccccc3)cc2)cn1. The number of hydrogen-bond acceptors (Lipinski definition) is 5. The van der Waals surface area contributed by atoms with Gasteiger partial charge in [0, 0.05) is 18.4 Å². The molecule has 3 aromatic carbocycles. The number of amides is 2. The van der Waals surface area contributed by atoms with Crippen LogP contribution in [0.3, 0.4) is 0 Å². The molecule has 0 unspecified atom stereocenters. The number of rotatable bonds is 10. The monoisotopic (exact) mass is 495 g/mol. The number of hydrogen-bond donors (Lipinski definition) is 2. The van der Waals surface area contributed by atoms with Gasteiger partial charge in [0.05, 0.1) is 0 Å². The van der Waals surface area contributed by atoms with Crippen LogP contribution in [0.25, 0.3) is 0 Å². The number of carbonyl (C=O) groups is 2. The highest BCUT2D eigenvalue weighted by Gasteiger charge is 2.23. The lowest BCUT2D eigenvalue weighted by Crippen LogP contribution is -2.40. The maximum absolute atomic E-state index is 13.2. The van der Waals surface area contributed by atoms with Crippen LogP contribution in [0.4, 0.5) is 4.79 Å². The lowest BCUT2D eigenvalue weighted by molar-refractivity contribution is -0.123. The van der Waals surface area contributed by atoms with Crippen LogP contribution < -0.4 is 15.4 Å². The van der Waals surface area contributed by atoms with Crippen molar-refractivity contribution in [3.8, 4) is 5.75 Å². The van der Waals surface area contributed by atoms with E-state index in [-0.39, 0.29) is 19.1 Å². The quantitative estimate of drug-likeness (QED) is 0.314. The van der Waals surface area contributed by atoms with Gasteiger partial charge in [-0.1, -0.05) is 78.9 Å². The van der Waals surface area contributed by atoms with E-state index in [0.29, 0.717) is 17.9 Å². The van der Waals surface area contributed by atoms with Gasteiger partial charge in [0.15, 0.2) is 0 Å². The topological polar surface area (TPSA) is 89.6 Å². The van der Waals surface area contributed by atoms with Crippen LogP contribution in [0.1, 0.15) is 34.0 Å². The van der Waals surface area contributed by atoms with E-state index < -0.39 is 12.1 Å². The van der Waals surface area contributed by atoms with Crippen molar-refractivity contribution in [3.63, 3.8) is 0 Å². The molecule has 4 rings (SSSR count). The largest absolute Gasteiger partial charge is 0.489 e. The van der Waals surface area contributed by atoms with Crippen LogP contribution >= 0.6 is 0 Å². The first-order valence-electron chi connectivity index (χ1n) is 12.0. The van der Waals surface area contributed by atoms with E-state index in [0.717, 1.165) is 22.4 Å². The molecule has 0 radical (unpaired) electrons. The lowest BCUT2D eigenvalue weighted by Gasteiger charge is -2.19. The van der Waals surface area contributed by atoms with Crippen molar-refractivity contribution in [2.75, 3.05) is 0 Å². The minimum atomic E-state index is -0.954. The Morgan fingerprint density at radius 1 is 0.784 bits per heavy atom. The van der Waals surface area contributed by atoms with Gasteiger partial charge in [-0.3, -0.25) is 9.78 Å². The predicted molar refractivity (Wildman–Crippen MR) is 141 cm³/mol. The Morgan fingerprint density at radius 2 is 1.43 bits per heavy atom. The third-order valence-electron chi connectivity index (χ3n) is 5.64. The summed E-state index contributed by atoms with van der Waals surface area (Å²) in [5.41, 5.74) is 4.25. The minimum Gasteiger partial charge on any atom is -0.489 e. The molecule has 0 spiro atoms. The molecule has 0 bridgehead atoms. The van der Waals surface area contributed by atoms with Crippen LogP contribution in [0, 0.1) is 6.92 Å². The van der Waals surface area contributed by atoms with E-state index in [1.165, 1.54) is 0 Å². The number of nitrogens with one attached hydrogen (secondary N) is 2. The van der Waals surface area contributed by atoms with Crippen molar-refractivity contribution in [2.45, 2.75) is 32.7 Å². The van der Waals surface area contributed by atoms with Crippen molar-refractivity contribution in [1.29, 1.82) is 0 Å². The van der Waals surface area contributed by atoms with E-state index in [1.54, 1.807) is 30.5 Å². The van der Waals surface area contributed by atoms with E-state index >= 15 is 0 Å². The van der Waals surface area contributed by atoms with Crippen molar-refractivity contribution in [1.82, 2.24) is 15.6 Å². The molecule has 0 aliphatic heterocycles. The van der Waals surface area contributed by atoms with Crippen LogP contribution in [0.15, 0.2) is 103 Å². The molecular formula is C30H29N3O4. The molecule has 7 nitrogen and oxygen atoms in total. The number of alkyl carbamates (subject to hydrolysis) is 1. The average Bonchev–Trinajstić information content (AvgIpc) is 2.95. The highest BCUT2D eigenvalue weighted by Crippen LogP contribution is 2.20. The summed E-state index contributed by atoms with van der Waals surface area (Å²) in [5, 5.41) is 5.57. The van der Waals surface area contributed by atoms with Crippen LogP contribution in [0.5, 0.6) is 5.75 Å². The van der Waals surface area contributed by atoms with Crippen molar-refractivity contribution in [2.24, 2.45) is 0 Å². The molecule has 1 heterocycles. The Labute approximate surface area is 216 Å². The molecule has 0 saturated heterocycles. The molecule has 2 amide bonds. The lowest BCUT2D eigenvalue weighted by atomic mass is 10.1. The van der Waals surface area contributed by atoms with E-state index in [2.05, 4.69) is 15.6 Å².